The van der Waals surface area contributed by atoms with E-state index in [1.54, 1.807) is 0 Å². The van der Waals surface area contributed by atoms with Gasteiger partial charge >= 0.3 is 5.97 Å². The van der Waals surface area contributed by atoms with Crippen LogP contribution in [-0.4, -0.2) is 35.6 Å². The second-order valence-electron chi connectivity index (χ2n) is 6.37. The molecule has 0 N–H and O–H groups in total. The number of rotatable bonds is 5. The van der Waals surface area contributed by atoms with Crippen LogP contribution in [0.4, 0.5) is 0 Å². The van der Waals surface area contributed by atoms with Crippen LogP contribution in [0.1, 0.15) is 60.3 Å². The number of hydrogen-bond donors (Lipinski definition) is 0. The summed E-state index contributed by atoms with van der Waals surface area (Å²) < 4.78 is 5.52. The van der Waals surface area contributed by atoms with Crippen molar-refractivity contribution in [1.29, 1.82) is 0 Å². The molecule has 0 spiro atoms. The molecule has 0 aromatic heterocycles. The molecule has 0 bridgehead atoms. The zero-order valence-electron chi connectivity index (χ0n) is 12.7. The first kappa shape index (κ1) is 15.5. The first-order valence-electron chi connectivity index (χ1n) is 7.34. The van der Waals surface area contributed by atoms with Crippen molar-refractivity contribution in [3.05, 3.63) is 0 Å². The van der Waals surface area contributed by atoms with E-state index in [2.05, 4.69) is 18.7 Å². The van der Waals surface area contributed by atoms with Crippen LogP contribution < -0.4 is 0 Å². The normalized spacial score (nSPS) is 21.6. The van der Waals surface area contributed by atoms with Gasteiger partial charge in [0.1, 0.15) is 11.6 Å². The van der Waals surface area contributed by atoms with Crippen molar-refractivity contribution in [2.75, 3.05) is 13.1 Å². The summed E-state index contributed by atoms with van der Waals surface area (Å²) in [4.78, 5) is 14.5. The van der Waals surface area contributed by atoms with Crippen molar-refractivity contribution in [1.82, 2.24) is 4.90 Å². The number of hydrogen-bond acceptors (Lipinski definition) is 3. The SMILES string of the molecule is CCC(CC)CN1CCC[C@@H]1C(=O)OC(C)(C)C. The molecule has 1 aliphatic heterocycles. The van der Waals surface area contributed by atoms with Gasteiger partial charge in [-0.25, -0.2) is 0 Å². The highest BCUT2D eigenvalue weighted by Crippen LogP contribution is 2.23. The zero-order valence-corrected chi connectivity index (χ0v) is 12.7. The van der Waals surface area contributed by atoms with Gasteiger partial charge in [0.05, 0.1) is 0 Å². The number of esters is 1. The van der Waals surface area contributed by atoms with Gasteiger partial charge in [-0.1, -0.05) is 26.7 Å². The average molecular weight is 255 g/mol. The van der Waals surface area contributed by atoms with Crippen molar-refractivity contribution >= 4 is 5.97 Å². The molecule has 0 radical (unpaired) electrons. The number of carbonyl (C=O) groups is 1. The molecule has 1 saturated heterocycles. The van der Waals surface area contributed by atoms with Crippen LogP contribution in [0.2, 0.25) is 0 Å². The highest BCUT2D eigenvalue weighted by Gasteiger charge is 2.34. The third-order valence-corrected chi connectivity index (χ3v) is 3.69. The molecule has 0 aromatic rings. The van der Waals surface area contributed by atoms with E-state index in [4.69, 9.17) is 4.74 Å². The van der Waals surface area contributed by atoms with E-state index >= 15 is 0 Å². The van der Waals surface area contributed by atoms with Crippen LogP contribution in [0.5, 0.6) is 0 Å². The van der Waals surface area contributed by atoms with E-state index in [-0.39, 0.29) is 17.6 Å². The van der Waals surface area contributed by atoms with Crippen molar-refractivity contribution in [2.24, 2.45) is 5.92 Å². The maximum atomic E-state index is 12.2. The van der Waals surface area contributed by atoms with E-state index in [0.29, 0.717) is 5.92 Å². The fraction of sp³-hybridized carbons (Fsp3) is 0.933. The largest absolute Gasteiger partial charge is 0.459 e. The second kappa shape index (κ2) is 6.55. The fourth-order valence-electron chi connectivity index (χ4n) is 2.56. The van der Waals surface area contributed by atoms with Crippen LogP contribution >= 0.6 is 0 Å². The minimum atomic E-state index is -0.375. The minimum absolute atomic E-state index is 0.00942. The van der Waals surface area contributed by atoms with Gasteiger partial charge in [-0.3, -0.25) is 9.69 Å². The van der Waals surface area contributed by atoms with Gasteiger partial charge in [0.25, 0.3) is 0 Å². The van der Waals surface area contributed by atoms with Gasteiger partial charge in [-0.15, -0.1) is 0 Å². The Morgan fingerprint density at radius 2 is 1.94 bits per heavy atom. The van der Waals surface area contributed by atoms with Gasteiger partial charge in [-0.2, -0.15) is 0 Å². The third-order valence-electron chi connectivity index (χ3n) is 3.69. The molecule has 3 nitrogen and oxygen atoms in total. The lowest BCUT2D eigenvalue weighted by Crippen LogP contribution is -2.42. The Bertz CT molecular complexity index is 266. The quantitative estimate of drug-likeness (QED) is 0.706. The Kier molecular flexibility index (Phi) is 5.64. The molecular formula is C15H29NO2. The van der Waals surface area contributed by atoms with Gasteiger partial charge in [-0.05, 0) is 46.1 Å². The number of carbonyl (C=O) groups excluding carboxylic acids is 1. The molecule has 1 heterocycles. The molecule has 0 aliphatic carbocycles. The van der Waals surface area contributed by atoms with Crippen LogP contribution in [0.3, 0.4) is 0 Å². The van der Waals surface area contributed by atoms with Gasteiger partial charge in [0.2, 0.25) is 0 Å². The monoisotopic (exact) mass is 255 g/mol. The van der Waals surface area contributed by atoms with Crippen LogP contribution in [0.25, 0.3) is 0 Å². The van der Waals surface area contributed by atoms with Crippen molar-refractivity contribution in [3.8, 4) is 0 Å². The van der Waals surface area contributed by atoms with Crippen molar-refractivity contribution in [3.63, 3.8) is 0 Å². The predicted octanol–water partition coefficient (Wildman–Crippen LogP) is 3.23. The molecule has 3 heteroatoms. The molecule has 1 atom stereocenters. The first-order chi connectivity index (χ1) is 8.37. The van der Waals surface area contributed by atoms with Gasteiger partial charge < -0.3 is 4.74 Å². The summed E-state index contributed by atoms with van der Waals surface area (Å²) in [5.74, 6) is 0.666. The van der Waals surface area contributed by atoms with Crippen molar-refractivity contribution in [2.45, 2.75) is 71.9 Å². The van der Waals surface area contributed by atoms with E-state index in [9.17, 15) is 4.79 Å². The molecule has 0 aromatic carbocycles. The van der Waals surface area contributed by atoms with Crippen LogP contribution in [-0.2, 0) is 9.53 Å². The minimum Gasteiger partial charge on any atom is -0.459 e. The third kappa shape index (κ3) is 4.60. The molecule has 18 heavy (non-hydrogen) atoms. The molecule has 0 amide bonds. The lowest BCUT2D eigenvalue weighted by molar-refractivity contribution is -0.160. The topological polar surface area (TPSA) is 29.5 Å². The van der Waals surface area contributed by atoms with E-state index < -0.39 is 0 Å². The summed E-state index contributed by atoms with van der Waals surface area (Å²) in [6, 6.07) is -0.00942. The summed E-state index contributed by atoms with van der Waals surface area (Å²) in [6.07, 6.45) is 4.45. The lowest BCUT2D eigenvalue weighted by atomic mass is 10.0. The Labute approximate surface area is 112 Å². The first-order valence-corrected chi connectivity index (χ1v) is 7.34. The number of likely N-dealkylation sites (tertiary alicyclic amines) is 1. The van der Waals surface area contributed by atoms with E-state index in [0.717, 1.165) is 25.9 Å². The maximum Gasteiger partial charge on any atom is 0.323 e. The maximum absolute atomic E-state index is 12.2. The molecular weight excluding hydrogens is 226 g/mol. The summed E-state index contributed by atoms with van der Waals surface area (Å²) in [5, 5.41) is 0. The number of nitrogens with zero attached hydrogens (tertiary/aromatic N) is 1. The highest BCUT2D eigenvalue weighted by atomic mass is 16.6. The molecule has 106 valence electrons. The molecule has 1 rings (SSSR count). The summed E-state index contributed by atoms with van der Waals surface area (Å²) in [7, 11) is 0. The second-order valence-corrected chi connectivity index (χ2v) is 6.37. The molecule has 0 unspecified atom stereocenters. The molecule has 0 saturated carbocycles. The zero-order chi connectivity index (χ0) is 13.8. The van der Waals surface area contributed by atoms with E-state index in [1.165, 1.54) is 12.8 Å². The molecule has 1 aliphatic rings. The summed E-state index contributed by atoms with van der Waals surface area (Å²) in [5.41, 5.74) is -0.375. The standard InChI is InChI=1S/C15H29NO2/c1-6-12(7-2)11-16-10-8-9-13(16)14(17)18-15(3,4)5/h12-13H,6-11H2,1-5H3/t13-/m1/s1. The van der Waals surface area contributed by atoms with Crippen LogP contribution in [0.15, 0.2) is 0 Å². The Morgan fingerprint density at radius 3 is 2.44 bits per heavy atom. The Balaban J connectivity index is 2.56. The predicted molar refractivity (Wildman–Crippen MR) is 74.5 cm³/mol. The smallest absolute Gasteiger partial charge is 0.323 e. The van der Waals surface area contributed by atoms with Gasteiger partial charge in [0, 0.05) is 6.54 Å². The summed E-state index contributed by atoms with van der Waals surface area (Å²) >= 11 is 0. The summed E-state index contributed by atoms with van der Waals surface area (Å²) in [6.45, 7) is 12.3. The van der Waals surface area contributed by atoms with E-state index in [1.807, 2.05) is 20.8 Å². The van der Waals surface area contributed by atoms with Gasteiger partial charge in [0.15, 0.2) is 0 Å². The Hall–Kier alpha value is -0.570. The average Bonchev–Trinajstić information content (AvgIpc) is 2.71. The highest BCUT2D eigenvalue weighted by molar-refractivity contribution is 5.76. The van der Waals surface area contributed by atoms with Crippen LogP contribution in [0, 0.1) is 5.92 Å². The lowest BCUT2D eigenvalue weighted by Gasteiger charge is -2.29. The van der Waals surface area contributed by atoms with Crippen molar-refractivity contribution < 1.29 is 9.53 Å². The number of ether oxygens (including phenoxy) is 1. The Morgan fingerprint density at radius 1 is 1.33 bits per heavy atom. The fourth-order valence-corrected chi connectivity index (χ4v) is 2.56. The molecule has 1 fully saturated rings.